The molecule has 0 spiro atoms. The van der Waals surface area contributed by atoms with Crippen LogP contribution in [0.25, 0.3) is 0 Å². The van der Waals surface area contributed by atoms with E-state index in [1.807, 2.05) is 25.1 Å². The molecule has 0 N–H and O–H groups in total. The van der Waals surface area contributed by atoms with Crippen LogP contribution in [-0.2, 0) is 12.8 Å². The number of hydrogen-bond donors (Lipinski definition) is 0. The number of Topliss-reactive ketones (excluding diaryl/α,β-unsaturated/α-hetero) is 2. The predicted molar refractivity (Wildman–Crippen MR) is 99.9 cm³/mol. The van der Waals surface area contributed by atoms with Crippen molar-refractivity contribution in [1.82, 2.24) is 5.16 Å². The summed E-state index contributed by atoms with van der Waals surface area (Å²) in [4.78, 5) is 24.9. The Labute approximate surface area is 156 Å². The molecule has 0 atom stereocenters. The monoisotopic (exact) mass is 367 g/mol. The van der Waals surface area contributed by atoms with Gasteiger partial charge in [0.05, 0.1) is 11.8 Å². The fourth-order valence-corrected chi connectivity index (χ4v) is 2.91. The van der Waals surface area contributed by atoms with Crippen molar-refractivity contribution in [3.05, 3.63) is 87.3 Å². The molecule has 0 fully saturated rings. The van der Waals surface area contributed by atoms with Crippen molar-refractivity contribution in [3.63, 3.8) is 0 Å². The third-order valence-electron chi connectivity index (χ3n) is 4.35. The zero-order chi connectivity index (χ0) is 18.7. The van der Waals surface area contributed by atoms with E-state index in [0.29, 0.717) is 21.9 Å². The molecule has 3 rings (SSSR count). The largest absolute Gasteiger partial charge is 0.361 e. The highest BCUT2D eigenvalue weighted by Gasteiger charge is 2.15. The number of rotatable bonds is 6. The van der Waals surface area contributed by atoms with Gasteiger partial charge in [-0.3, -0.25) is 9.59 Å². The van der Waals surface area contributed by atoms with Gasteiger partial charge in [0.2, 0.25) is 0 Å². The van der Waals surface area contributed by atoms with E-state index in [4.69, 9.17) is 16.1 Å². The van der Waals surface area contributed by atoms with Crippen molar-refractivity contribution in [1.29, 1.82) is 0 Å². The quantitative estimate of drug-likeness (QED) is 0.587. The third kappa shape index (κ3) is 4.09. The van der Waals surface area contributed by atoms with E-state index in [-0.39, 0.29) is 24.4 Å². The van der Waals surface area contributed by atoms with E-state index in [1.165, 1.54) is 6.20 Å². The molecule has 4 nitrogen and oxygen atoms in total. The van der Waals surface area contributed by atoms with Crippen molar-refractivity contribution in [2.75, 3.05) is 0 Å². The van der Waals surface area contributed by atoms with Crippen molar-refractivity contribution in [2.45, 2.75) is 26.7 Å². The number of carbonyl (C=O) groups is 2. The Morgan fingerprint density at radius 1 is 1.00 bits per heavy atom. The van der Waals surface area contributed by atoms with Crippen molar-refractivity contribution < 1.29 is 14.1 Å². The number of ketones is 2. The Kier molecular flexibility index (Phi) is 5.33. The molecule has 2 aromatic carbocycles. The van der Waals surface area contributed by atoms with Crippen LogP contribution >= 0.6 is 11.6 Å². The van der Waals surface area contributed by atoms with Gasteiger partial charge in [-0.25, -0.2) is 0 Å². The lowest BCUT2D eigenvalue weighted by molar-refractivity contribution is 0.0985. The lowest BCUT2D eigenvalue weighted by atomic mass is 9.95. The molecule has 26 heavy (non-hydrogen) atoms. The minimum absolute atomic E-state index is 0.0117. The van der Waals surface area contributed by atoms with Crippen molar-refractivity contribution in [2.24, 2.45) is 0 Å². The van der Waals surface area contributed by atoms with Crippen LogP contribution in [0.5, 0.6) is 0 Å². The van der Waals surface area contributed by atoms with Gasteiger partial charge in [-0.1, -0.05) is 35.0 Å². The normalized spacial score (nSPS) is 10.7. The van der Waals surface area contributed by atoms with Gasteiger partial charge in [0.25, 0.3) is 0 Å². The van der Waals surface area contributed by atoms with Gasteiger partial charge in [0, 0.05) is 23.4 Å². The van der Waals surface area contributed by atoms with Crippen LogP contribution in [0.15, 0.2) is 53.2 Å². The molecule has 1 aromatic heterocycles. The van der Waals surface area contributed by atoms with Crippen LogP contribution in [0, 0.1) is 13.8 Å². The Morgan fingerprint density at radius 3 is 2.38 bits per heavy atom. The van der Waals surface area contributed by atoms with Gasteiger partial charge in [-0.05, 0) is 54.8 Å². The van der Waals surface area contributed by atoms with E-state index in [9.17, 15) is 9.59 Å². The highest BCUT2D eigenvalue weighted by Crippen LogP contribution is 2.18. The minimum atomic E-state index is -0.0481. The maximum absolute atomic E-state index is 12.5. The molecule has 1 heterocycles. The topological polar surface area (TPSA) is 60.2 Å². The standard InChI is InChI=1S/C21H18ClNO3/c1-13-3-4-15(10-20(24)16-5-7-18(22)8-6-16)9-17(13)11-21(25)19-12-23-26-14(19)2/h3-9,12H,10-11H2,1-2H3. The fraction of sp³-hybridized carbons (Fsp3) is 0.190. The van der Waals surface area contributed by atoms with Gasteiger partial charge >= 0.3 is 0 Å². The number of benzene rings is 2. The highest BCUT2D eigenvalue weighted by molar-refractivity contribution is 6.30. The number of hydrogen-bond acceptors (Lipinski definition) is 4. The molecule has 5 heteroatoms. The van der Waals surface area contributed by atoms with Crippen LogP contribution in [0.1, 0.15) is 43.2 Å². The Bertz CT molecular complexity index is 958. The second kappa shape index (κ2) is 7.67. The average Bonchev–Trinajstić information content (AvgIpc) is 3.04. The van der Waals surface area contributed by atoms with Crippen LogP contribution in [-0.4, -0.2) is 16.7 Å². The zero-order valence-electron chi connectivity index (χ0n) is 14.6. The van der Waals surface area contributed by atoms with Gasteiger partial charge in [-0.2, -0.15) is 0 Å². The molecule has 0 bridgehead atoms. The first-order chi connectivity index (χ1) is 12.4. The first kappa shape index (κ1) is 18.1. The average molecular weight is 368 g/mol. The number of aryl methyl sites for hydroxylation is 2. The van der Waals surface area contributed by atoms with Crippen molar-refractivity contribution >= 4 is 23.2 Å². The summed E-state index contributed by atoms with van der Waals surface area (Å²) in [5.74, 6) is 0.479. The predicted octanol–water partition coefficient (Wildman–Crippen LogP) is 4.80. The number of halogens is 1. The van der Waals surface area contributed by atoms with Crippen LogP contribution in [0.3, 0.4) is 0 Å². The van der Waals surface area contributed by atoms with Gasteiger partial charge < -0.3 is 4.52 Å². The molecule has 0 radical (unpaired) electrons. The van der Waals surface area contributed by atoms with E-state index in [2.05, 4.69) is 5.16 Å². The third-order valence-corrected chi connectivity index (χ3v) is 4.60. The summed E-state index contributed by atoms with van der Waals surface area (Å²) in [5.41, 5.74) is 3.90. The smallest absolute Gasteiger partial charge is 0.172 e. The molecule has 132 valence electrons. The highest BCUT2D eigenvalue weighted by atomic mass is 35.5. The number of aromatic nitrogens is 1. The molecule has 0 aliphatic rings. The van der Waals surface area contributed by atoms with Crippen molar-refractivity contribution in [3.8, 4) is 0 Å². The Hall–Kier alpha value is -2.72. The SMILES string of the molecule is Cc1ccc(CC(=O)c2ccc(Cl)cc2)cc1CC(=O)c1cnoc1C. The zero-order valence-corrected chi connectivity index (χ0v) is 15.3. The maximum Gasteiger partial charge on any atom is 0.172 e. The molecule has 0 aliphatic carbocycles. The van der Waals surface area contributed by atoms with Crippen LogP contribution in [0.2, 0.25) is 5.02 Å². The summed E-state index contributed by atoms with van der Waals surface area (Å²) >= 11 is 5.86. The van der Waals surface area contributed by atoms with E-state index in [0.717, 1.165) is 16.7 Å². The lowest BCUT2D eigenvalue weighted by Crippen LogP contribution is -2.08. The molecular weight excluding hydrogens is 350 g/mol. The second-order valence-electron chi connectivity index (χ2n) is 6.26. The molecule has 0 aliphatic heterocycles. The molecule has 3 aromatic rings. The van der Waals surface area contributed by atoms with Gasteiger partial charge in [-0.15, -0.1) is 0 Å². The van der Waals surface area contributed by atoms with E-state index >= 15 is 0 Å². The molecule has 0 unspecified atom stereocenters. The van der Waals surface area contributed by atoms with Crippen LogP contribution < -0.4 is 0 Å². The molecule has 0 saturated carbocycles. The summed E-state index contributed by atoms with van der Waals surface area (Å²) in [7, 11) is 0. The first-order valence-electron chi connectivity index (χ1n) is 8.25. The second-order valence-corrected chi connectivity index (χ2v) is 6.70. The summed E-state index contributed by atoms with van der Waals surface area (Å²) in [6, 6.07) is 12.6. The Balaban J connectivity index is 1.77. The molecule has 0 saturated heterocycles. The summed E-state index contributed by atoms with van der Waals surface area (Å²) in [6.45, 7) is 3.67. The number of nitrogens with zero attached hydrogens (tertiary/aromatic N) is 1. The minimum Gasteiger partial charge on any atom is -0.361 e. The first-order valence-corrected chi connectivity index (χ1v) is 8.63. The lowest BCUT2D eigenvalue weighted by Gasteiger charge is -2.08. The summed E-state index contributed by atoms with van der Waals surface area (Å²) < 4.78 is 4.96. The maximum atomic E-state index is 12.5. The fourth-order valence-electron chi connectivity index (χ4n) is 2.78. The van der Waals surface area contributed by atoms with Gasteiger partial charge in [0.15, 0.2) is 11.6 Å². The van der Waals surface area contributed by atoms with Gasteiger partial charge in [0.1, 0.15) is 5.76 Å². The summed E-state index contributed by atoms with van der Waals surface area (Å²) in [6.07, 6.45) is 1.97. The van der Waals surface area contributed by atoms with E-state index in [1.54, 1.807) is 31.2 Å². The number of carbonyl (C=O) groups excluding carboxylic acids is 2. The van der Waals surface area contributed by atoms with E-state index < -0.39 is 0 Å². The summed E-state index contributed by atoms with van der Waals surface area (Å²) in [5, 5.41) is 4.25. The molecular formula is C21H18ClNO3. The van der Waals surface area contributed by atoms with Crippen LogP contribution in [0.4, 0.5) is 0 Å². The Morgan fingerprint density at radius 2 is 1.73 bits per heavy atom. The molecule has 0 amide bonds.